The van der Waals surface area contributed by atoms with Gasteiger partial charge < -0.3 is 34.5 Å². The van der Waals surface area contributed by atoms with Gasteiger partial charge in [0.05, 0.1) is 41.1 Å². The van der Waals surface area contributed by atoms with Crippen molar-refractivity contribution in [2.75, 3.05) is 68.9 Å². The maximum Gasteiger partial charge on any atom is 0.264 e. The molecule has 1 fully saturated rings. The van der Waals surface area contributed by atoms with Crippen LogP contribution >= 0.6 is 0 Å². The highest BCUT2D eigenvalue weighted by molar-refractivity contribution is 7.92. The third-order valence-corrected chi connectivity index (χ3v) is 11.0. The number of nitrogens with zero attached hydrogens (tertiary/aromatic N) is 4. The minimum atomic E-state index is -3.92. The fourth-order valence-corrected chi connectivity index (χ4v) is 7.42. The summed E-state index contributed by atoms with van der Waals surface area (Å²) in [7, 11) is 1.27. The zero-order valence-electron chi connectivity index (χ0n) is 32.0. The van der Waals surface area contributed by atoms with Crippen molar-refractivity contribution in [1.82, 2.24) is 19.8 Å². The van der Waals surface area contributed by atoms with Gasteiger partial charge in [-0.1, -0.05) is 30.3 Å². The predicted octanol–water partition coefficient (Wildman–Crippen LogP) is 5.92. The van der Waals surface area contributed by atoms with E-state index < -0.39 is 15.9 Å². The lowest BCUT2D eigenvalue weighted by Crippen LogP contribution is -2.47. The van der Waals surface area contributed by atoms with Gasteiger partial charge in [0.2, 0.25) is 11.9 Å². The molecule has 1 saturated heterocycles. The van der Waals surface area contributed by atoms with Crippen LogP contribution in [0.4, 0.5) is 17.3 Å². The highest BCUT2D eigenvalue weighted by atomic mass is 32.2. The first kappa shape index (κ1) is 39.8. The van der Waals surface area contributed by atoms with Crippen molar-refractivity contribution in [2.45, 2.75) is 37.5 Å². The molecule has 4 aromatic carbocycles. The quantitative estimate of drug-likeness (QED) is 0.109. The van der Waals surface area contributed by atoms with E-state index in [-0.39, 0.29) is 39.5 Å². The number of H-pyrrole nitrogens is 1. The number of ether oxygens (including phenoxy) is 2. The van der Waals surface area contributed by atoms with E-state index in [2.05, 4.69) is 32.0 Å². The number of benzene rings is 4. The number of aromatic amines is 1. The van der Waals surface area contributed by atoms with Crippen LogP contribution in [0.15, 0.2) is 89.8 Å². The van der Waals surface area contributed by atoms with Gasteiger partial charge in [-0.05, 0) is 93.4 Å². The third-order valence-electron chi connectivity index (χ3n) is 9.67. The first-order valence-corrected chi connectivity index (χ1v) is 20.0. The molecule has 0 atom stereocenters. The zero-order valence-corrected chi connectivity index (χ0v) is 32.8. The van der Waals surface area contributed by atoms with Gasteiger partial charge in [-0.2, -0.15) is 0 Å². The second kappa shape index (κ2) is 17.7. The lowest BCUT2D eigenvalue weighted by molar-refractivity contribution is -0.132. The van der Waals surface area contributed by atoms with Crippen molar-refractivity contribution in [3.05, 3.63) is 102 Å². The van der Waals surface area contributed by atoms with Gasteiger partial charge >= 0.3 is 0 Å². The van der Waals surface area contributed by atoms with Crippen LogP contribution in [0.3, 0.4) is 0 Å². The molecule has 2 heterocycles. The number of nitrogens with one attached hydrogen (secondary N) is 3. The SMILES string of the molecule is COc1cc(C(=O)N(C)c2ccc(C)cc2OCCCCCC(=O)N2CCN(C)CC2)ccc1NC(=O)c1cccc2[nH]c(NS(=O)(=O)c3ccccc3)nc12. The lowest BCUT2D eigenvalue weighted by atomic mass is 10.1. The van der Waals surface area contributed by atoms with Gasteiger partial charge in [-0.15, -0.1) is 0 Å². The first-order valence-electron chi connectivity index (χ1n) is 18.5. The maximum absolute atomic E-state index is 13.8. The molecule has 0 unspecified atom stereocenters. The lowest BCUT2D eigenvalue weighted by Gasteiger charge is -2.32. The molecule has 3 amide bonds. The molecule has 5 aromatic rings. The number of aryl methyl sites for hydroxylation is 1. The van der Waals surface area contributed by atoms with E-state index in [1.54, 1.807) is 61.6 Å². The van der Waals surface area contributed by atoms with E-state index in [0.717, 1.165) is 51.0 Å². The summed E-state index contributed by atoms with van der Waals surface area (Å²) in [6.07, 6.45) is 2.95. The van der Waals surface area contributed by atoms with E-state index in [1.165, 1.54) is 24.1 Å². The van der Waals surface area contributed by atoms with Crippen LogP contribution in [-0.2, 0) is 14.8 Å². The number of hydrogen-bond acceptors (Lipinski definition) is 9. The summed E-state index contributed by atoms with van der Waals surface area (Å²) in [5.41, 5.74) is 3.13. The summed E-state index contributed by atoms with van der Waals surface area (Å²) in [5.74, 6) is 0.173. The number of likely N-dealkylation sites (N-methyl/N-ethyl adjacent to an activating group) is 1. The van der Waals surface area contributed by atoms with Crippen LogP contribution in [-0.4, -0.2) is 99.9 Å². The van der Waals surface area contributed by atoms with Crippen molar-refractivity contribution in [1.29, 1.82) is 0 Å². The van der Waals surface area contributed by atoms with Crippen LogP contribution in [0.2, 0.25) is 0 Å². The number of rotatable bonds is 15. The normalized spacial score (nSPS) is 13.3. The van der Waals surface area contributed by atoms with Gasteiger partial charge in [0.25, 0.3) is 21.8 Å². The molecule has 0 saturated carbocycles. The van der Waals surface area contributed by atoms with E-state index in [9.17, 15) is 22.8 Å². The Bertz CT molecular complexity index is 2310. The standard InChI is InChI=1S/C41H47N7O7S/c1-28-17-20-34(36(26-28)55-25-10-6-9-16-37(49)48-23-21-46(2)22-24-48)47(3)40(51)29-18-19-32(35(27-29)54-4)42-39(50)31-14-11-15-33-38(31)44-41(43-33)45-56(52,53)30-12-7-5-8-13-30/h5,7-8,11-15,17-20,26-27H,6,9-10,16,21-25H2,1-4H3,(H,42,50)(H2,43,44,45). The summed E-state index contributed by atoms with van der Waals surface area (Å²) < 4.78 is 39.9. The fourth-order valence-electron chi connectivity index (χ4n) is 6.43. The number of methoxy groups -OCH3 is 1. The van der Waals surface area contributed by atoms with Crippen molar-refractivity contribution in [2.24, 2.45) is 0 Å². The molecule has 56 heavy (non-hydrogen) atoms. The number of sulfonamides is 1. The highest BCUT2D eigenvalue weighted by Crippen LogP contribution is 2.32. The molecule has 0 radical (unpaired) electrons. The number of amides is 3. The van der Waals surface area contributed by atoms with Gasteiger partial charge in [0.15, 0.2) is 0 Å². The Hall–Kier alpha value is -5.93. The van der Waals surface area contributed by atoms with Crippen molar-refractivity contribution >= 4 is 56.1 Å². The Labute approximate surface area is 326 Å². The maximum atomic E-state index is 13.8. The number of anilines is 3. The first-order chi connectivity index (χ1) is 26.9. The Balaban J connectivity index is 1.08. The number of piperazine rings is 1. The Morgan fingerprint density at radius 1 is 0.893 bits per heavy atom. The second-order valence-electron chi connectivity index (χ2n) is 13.8. The van der Waals surface area contributed by atoms with E-state index in [0.29, 0.717) is 41.2 Å². The average molecular weight is 782 g/mol. The van der Waals surface area contributed by atoms with Gasteiger partial charge in [-0.3, -0.25) is 14.4 Å². The van der Waals surface area contributed by atoms with Crippen molar-refractivity contribution in [3.8, 4) is 11.5 Å². The van der Waals surface area contributed by atoms with Gasteiger partial charge in [0.1, 0.15) is 17.0 Å². The monoisotopic (exact) mass is 781 g/mol. The number of fused-ring (bicyclic) bond motifs is 1. The molecular formula is C41H47N7O7S. The minimum Gasteiger partial charge on any atom is -0.495 e. The summed E-state index contributed by atoms with van der Waals surface area (Å²) >= 11 is 0. The highest BCUT2D eigenvalue weighted by Gasteiger charge is 2.23. The molecule has 0 bridgehead atoms. The van der Waals surface area contributed by atoms with Crippen molar-refractivity contribution in [3.63, 3.8) is 0 Å². The number of hydrogen-bond donors (Lipinski definition) is 3. The Morgan fingerprint density at radius 2 is 1.66 bits per heavy atom. The van der Waals surface area contributed by atoms with Gasteiger partial charge in [-0.25, -0.2) is 18.1 Å². The number of carbonyl (C=O) groups is 3. The number of carbonyl (C=O) groups excluding carboxylic acids is 3. The molecule has 294 valence electrons. The molecule has 0 aliphatic carbocycles. The van der Waals surface area contributed by atoms with Crippen molar-refractivity contribution < 1.29 is 32.3 Å². The smallest absolute Gasteiger partial charge is 0.264 e. The topological polar surface area (TPSA) is 166 Å². The molecule has 6 rings (SSSR count). The zero-order chi connectivity index (χ0) is 39.8. The summed E-state index contributed by atoms with van der Waals surface area (Å²) in [4.78, 5) is 53.0. The van der Waals surface area contributed by atoms with Crippen LogP contribution in [0.25, 0.3) is 11.0 Å². The van der Waals surface area contributed by atoms with E-state index in [4.69, 9.17) is 9.47 Å². The molecule has 1 aliphatic heterocycles. The van der Waals surface area contributed by atoms with Crippen LogP contribution in [0, 0.1) is 6.92 Å². The minimum absolute atomic E-state index is 0.0411. The Morgan fingerprint density at radius 3 is 2.41 bits per heavy atom. The predicted molar refractivity (Wildman–Crippen MR) is 216 cm³/mol. The fraction of sp³-hybridized carbons (Fsp3) is 0.317. The molecule has 1 aliphatic rings. The molecule has 1 aromatic heterocycles. The van der Waals surface area contributed by atoms with Crippen LogP contribution in [0.1, 0.15) is 52.0 Å². The van der Waals surface area contributed by atoms with Crippen LogP contribution < -0.4 is 24.4 Å². The van der Waals surface area contributed by atoms with E-state index >= 15 is 0 Å². The summed E-state index contributed by atoms with van der Waals surface area (Å²) in [6.45, 7) is 5.79. The number of unbranched alkanes of at least 4 members (excludes halogenated alkanes) is 2. The summed E-state index contributed by atoms with van der Waals surface area (Å²) in [6, 6.07) is 23.2. The van der Waals surface area contributed by atoms with E-state index in [1.807, 2.05) is 30.0 Å². The molecule has 3 N–H and O–H groups in total. The number of imidazole rings is 1. The second-order valence-corrected chi connectivity index (χ2v) is 15.4. The third kappa shape index (κ3) is 9.47. The summed E-state index contributed by atoms with van der Waals surface area (Å²) in [5, 5.41) is 2.83. The van der Waals surface area contributed by atoms with Gasteiger partial charge in [0, 0.05) is 45.2 Å². The largest absolute Gasteiger partial charge is 0.495 e. The molecule has 15 heteroatoms. The molecule has 0 spiro atoms. The molecule has 14 nitrogen and oxygen atoms in total. The number of aromatic nitrogens is 2. The number of para-hydroxylation sites is 1. The molecular weight excluding hydrogens is 735 g/mol. The van der Waals surface area contributed by atoms with Crippen LogP contribution in [0.5, 0.6) is 11.5 Å². The average Bonchev–Trinajstić information content (AvgIpc) is 3.61. The Kier molecular flexibility index (Phi) is 12.6.